The highest BCUT2D eigenvalue weighted by atomic mass is 19.4. The molecule has 170 valence electrons. The van der Waals surface area contributed by atoms with Crippen LogP contribution in [0.25, 0.3) is 0 Å². The van der Waals surface area contributed by atoms with Gasteiger partial charge in [0.2, 0.25) is 0 Å². The van der Waals surface area contributed by atoms with Crippen LogP contribution in [0.2, 0.25) is 0 Å². The topological polar surface area (TPSA) is 32.7 Å². The molecule has 0 amide bonds. The minimum atomic E-state index is -4.53. The zero-order valence-electron chi connectivity index (χ0n) is 19.1. The summed E-state index contributed by atoms with van der Waals surface area (Å²) in [5.41, 5.74) is -0.247. The van der Waals surface area contributed by atoms with Gasteiger partial charge in [-0.25, -0.2) is 0 Å². The van der Waals surface area contributed by atoms with Gasteiger partial charge in [0.05, 0.1) is 23.5 Å². The van der Waals surface area contributed by atoms with Gasteiger partial charge in [0.1, 0.15) is 5.75 Å². The van der Waals surface area contributed by atoms with Crippen LogP contribution in [0.15, 0.2) is 24.4 Å². The largest absolute Gasteiger partial charge is 0.494 e. The molecule has 1 unspecified atom stereocenters. The molecule has 0 heterocycles. The Morgan fingerprint density at radius 2 is 1.90 bits per heavy atom. The second-order valence-electron chi connectivity index (χ2n) is 9.41. The number of halogens is 3. The molecule has 1 aliphatic rings. The fourth-order valence-corrected chi connectivity index (χ4v) is 4.03. The van der Waals surface area contributed by atoms with Crippen LogP contribution in [-0.2, 0) is 6.18 Å². The van der Waals surface area contributed by atoms with E-state index < -0.39 is 17.3 Å². The second kappa shape index (κ2) is 9.21. The van der Waals surface area contributed by atoms with Crippen LogP contribution in [0.3, 0.4) is 0 Å². The molecule has 0 radical (unpaired) electrons. The first-order valence-electron chi connectivity index (χ1n) is 10.8. The van der Waals surface area contributed by atoms with Crippen molar-refractivity contribution in [1.82, 2.24) is 0 Å². The number of hydrogen-bond donors (Lipinski definition) is 1. The van der Waals surface area contributed by atoms with Gasteiger partial charge < -0.3 is 14.7 Å². The Morgan fingerprint density at radius 1 is 1.30 bits per heavy atom. The van der Waals surface area contributed by atoms with E-state index in [2.05, 4.69) is 20.4 Å². The third kappa shape index (κ3) is 5.71. The summed E-state index contributed by atoms with van der Waals surface area (Å²) >= 11 is 0. The fraction of sp³-hybridized carbons (Fsp3) is 0.667. The van der Waals surface area contributed by atoms with Crippen LogP contribution in [0.1, 0.15) is 84.3 Å². The Hall–Kier alpha value is -1.69. The number of benzene rings is 1. The Bertz CT molecular complexity index is 748. The first kappa shape index (κ1) is 24.6. The lowest BCUT2D eigenvalue weighted by molar-refractivity contribution is -0.137. The minimum absolute atomic E-state index is 0.0859. The molecule has 0 aromatic heterocycles. The number of rotatable bonds is 9. The molecular formula is C24H36F3NO2. The third-order valence-corrected chi connectivity index (χ3v) is 5.89. The van der Waals surface area contributed by atoms with Gasteiger partial charge in [-0.2, -0.15) is 13.2 Å². The van der Waals surface area contributed by atoms with Gasteiger partial charge in [-0.15, -0.1) is 0 Å². The van der Waals surface area contributed by atoms with Crippen molar-refractivity contribution in [3.05, 3.63) is 35.5 Å². The van der Waals surface area contributed by atoms with Gasteiger partial charge in [0.15, 0.2) is 0 Å². The molecule has 1 aliphatic carbocycles. The highest BCUT2D eigenvalue weighted by molar-refractivity contribution is 5.68. The summed E-state index contributed by atoms with van der Waals surface area (Å²) in [6.45, 7) is 15.8. The predicted molar refractivity (Wildman–Crippen MR) is 116 cm³/mol. The normalized spacial score (nSPS) is 22.6. The van der Waals surface area contributed by atoms with Crippen molar-refractivity contribution in [3.63, 3.8) is 0 Å². The van der Waals surface area contributed by atoms with E-state index in [1.165, 1.54) is 0 Å². The van der Waals surface area contributed by atoms with E-state index in [4.69, 9.17) is 4.74 Å². The van der Waals surface area contributed by atoms with Crippen LogP contribution in [0.4, 0.5) is 18.9 Å². The van der Waals surface area contributed by atoms with Crippen LogP contribution >= 0.6 is 0 Å². The molecule has 1 N–H and O–H groups in total. The number of allylic oxidation sites excluding steroid dienone is 1. The van der Waals surface area contributed by atoms with Gasteiger partial charge in [-0.05, 0) is 69.1 Å². The summed E-state index contributed by atoms with van der Waals surface area (Å²) in [6.07, 6.45) is -2.24. The molecule has 1 fully saturated rings. The summed E-state index contributed by atoms with van der Waals surface area (Å²) in [5.74, 6) is 0.576. The lowest BCUT2D eigenvalue weighted by atomic mass is 9.75. The number of ether oxygens (including phenoxy) is 1. The fourth-order valence-electron chi connectivity index (χ4n) is 4.03. The molecule has 3 nitrogen and oxygen atoms in total. The highest BCUT2D eigenvalue weighted by Crippen LogP contribution is 2.48. The lowest BCUT2D eigenvalue weighted by Crippen LogP contribution is -2.53. The number of nitrogens with zero attached hydrogens (tertiary/aromatic N) is 1. The smallest absolute Gasteiger partial charge is 0.418 e. The van der Waals surface area contributed by atoms with E-state index in [9.17, 15) is 18.3 Å². The van der Waals surface area contributed by atoms with Crippen molar-refractivity contribution in [2.24, 2.45) is 5.92 Å². The molecule has 2 rings (SSSR count). The summed E-state index contributed by atoms with van der Waals surface area (Å²) in [6, 6.07) is 2.66. The van der Waals surface area contributed by atoms with Crippen molar-refractivity contribution < 1.29 is 23.0 Å². The molecule has 1 atom stereocenters. The average molecular weight is 428 g/mol. The molecule has 0 bridgehead atoms. The zero-order valence-corrected chi connectivity index (χ0v) is 19.1. The standard InChI is InChI=1S/C24H36F3NO2/c1-8-17(6)20-11-19(30-10-9-15(2)3)12-21(24(25,26)27)22(20)28(16(4)5)18-13-23(7,29)14-18/h11-12,15,17-18,29H,4,8-10,13-14H2,1-3,5-7H3. The molecule has 1 aromatic carbocycles. The number of aliphatic hydroxyl groups is 1. The Labute approximate surface area is 178 Å². The van der Waals surface area contributed by atoms with E-state index in [1.807, 2.05) is 13.8 Å². The SMILES string of the molecule is C=C(C)N(c1c(C(C)CC)cc(OCCC(C)C)cc1C(F)(F)F)C1CC(C)(O)C1. The molecular weight excluding hydrogens is 391 g/mol. The maximum Gasteiger partial charge on any atom is 0.418 e. The van der Waals surface area contributed by atoms with E-state index >= 15 is 0 Å². The maximum absolute atomic E-state index is 14.2. The Balaban J connectivity index is 2.61. The molecule has 0 saturated heterocycles. The van der Waals surface area contributed by atoms with Gasteiger partial charge >= 0.3 is 6.18 Å². The van der Waals surface area contributed by atoms with Crippen LogP contribution in [0, 0.1) is 5.92 Å². The second-order valence-corrected chi connectivity index (χ2v) is 9.41. The van der Waals surface area contributed by atoms with Crippen molar-refractivity contribution in [3.8, 4) is 5.75 Å². The average Bonchev–Trinajstić information content (AvgIpc) is 2.58. The molecule has 30 heavy (non-hydrogen) atoms. The molecule has 6 heteroatoms. The molecule has 0 spiro atoms. The number of alkyl halides is 3. The Morgan fingerprint density at radius 3 is 2.33 bits per heavy atom. The minimum Gasteiger partial charge on any atom is -0.494 e. The van der Waals surface area contributed by atoms with Gasteiger partial charge in [0.25, 0.3) is 0 Å². The lowest BCUT2D eigenvalue weighted by Gasteiger charge is -2.49. The predicted octanol–water partition coefficient (Wildman–Crippen LogP) is 6.90. The summed E-state index contributed by atoms with van der Waals surface area (Å²) in [4.78, 5) is 1.68. The zero-order chi connectivity index (χ0) is 22.9. The number of anilines is 1. The monoisotopic (exact) mass is 427 g/mol. The molecule has 0 aliphatic heterocycles. The van der Waals surface area contributed by atoms with Crippen molar-refractivity contribution in [2.75, 3.05) is 11.5 Å². The van der Waals surface area contributed by atoms with Crippen LogP contribution < -0.4 is 9.64 Å². The first-order valence-corrected chi connectivity index (χ1v) is 10.8. The van der Waals surface area contributed by atoms with Gasteiger partial charge in [-0.3, -0.25) is 0 Å². The van der Waals surface area contributed by atoms with Gasteiger partial charge in [0, 0.05) is 11.7 Å². The number of hydrogen-bond acceptors (Lipinski definition) is 3. The molecule has 1 saturated carbocycles. The quantitative estimate of drug-likeness (QED) is 0.465. The van der Waals surface area contributed by atoms with E-state index in [0.29, 0.717) is 43.0 Å². The van der Waals surface area contributed by atoms with Crippen LogP contribution in [0.5, 0.6) is 5.75 Å². The maximum atomic E-state index is 14.2. The highest BCUT2D eigenvalue weighted by Gasteiger charge is 2.45. The van der Waals surface area contributed by atoms with E-state index in [0.717, 1.165) is 12.5 Å². The van der Waals surface area contributed by atoms with Crippen molar-refractivity contribution in [1.29, 1.82) is 0 Å². The summed E-state index contributed by atoms with van der Waals surface area (Å²) in [5, 5.41) is 10.2. The first-order chi connectivity index (χ1) is 13.8. The Kier molecular flexibility index (Phi) is 7.54. The van der Waals surface area contributed by atoms with E-state index in [-0.39, 0.29) is 23.4 Å². The van der Waals surface area contributed by atoms with Crippen molar-refractivity contribution in [2.45, 2.75) is 91.0 Å². The summed E-state index contributed by atoms with van der Waals surface area (Å²) < 4.78 is 48.4. The van der Waals surface area contributed by atoms with Crippen molar-refractivity contribution >= 4 is 5.69 Å². The van der Waals surface area contributed by atoms with Gasteiger partial charge in [-0.1, -0.05) is 34.3 Å². The van der Waals surface area contributed by atoms with E-state index in [1.54, 1.807) is 24.8 Å². The summed E-state index contributed by atoms with van der Waals surface area (Å²) in [7, 11) is 0. The third-order valence-electron chi connectivity index (χ3n) is 5.89. The molecule has 1 aromatic rings. The van der Waals surface area contributed by atoms with Crippen LogP contribution in [-0.4, -0.2) is 23.4 Å².